The number of allylic oxidation sites excluding steroid dienone is 1. The first-order valence-corrected chi connectivity index (χ1v) is 8.86. The van der Waals surface area contributed by atoms with Gasteiger partial charge in [0, 0.05) is 29.6 Å². The zero-order chi connectivity index (χ0) is 19.4. The Morgan fingerprint density at radius 1 is 1.38 bits per heavy atom. The average Bonchev–Trinajstić information content (AvgIpc) is 2.88. The van der Waals surface area contributed by atoms with E-state index >= 15 is 0 Å². The monoisotopic (exact) mass is 415 g/mol. The minimum absolute atomic E-state index is 0.0571. The van der Waals surface area contributed by atoms with Gasteiger partial charge < -0.3 is 4.57 Å². The molecule has 7 heteroatoms. The average molecular weight is 416 g/mol. The highest BCUT2D eigenvalue weighted by Gasteiger charge is 2.20. The van der Waals surface area contributed by atoms with Gasteiger partial charge in [0.2, 0.25) is 5.78 Å². The quantitative estimate of drug-likeness (QED) is 0.219. The number of hydrogen-bond donors (Lipinski definition) is 0. The van der Waals surface area contributed by atoms with Crippen LogP contribution >= 0.6 is 15.9 Å². The molecule has 0 aliphatic rings. The van der Waals surface area contributed by atoms with E-state index < -0.39 is 4.92 Å². The second-order valence-electron chi connectivity index (χ2n) is 5.90. The first-order chi connectivity index (χ1) is 12.3. The van der Waals surface area contributed by atoms with Gasteiger partial charge in [0.05, 0.1) is 9.40 Å². The number of nitro benzene ring substituents is 1. The summed E-state index contributed by atoms with van der Waals surface area (Å²) in [7, 11) is 0. The number of nitrogens with zero attached hydrogens (tertiary/aromatic N) is 3. The number of halogens is 1. The van der Waals surface area contributed by atoms with E-state index in [0.29, 0.717) is 15.6 Å². The largest absolute Gasteiger partial charge is 0.348 e. The Bertz CT molecular complexity index is 952. The molecular formula is C19H18BrN3O3. The van der Waals surface area contributed by atoms with Crippen LogP contribution < -0.4 is 0 Å². The Morgan fingerprint density at radius 2 is 2.08 bits per heavy atom. The number of ketones is 1. The van der Waals surface area contributed by atoms with E-state index in [1.165, 1.54) is 18.2 Å². The summed E-state index contributed by atoms with van der Waals surface area (Å²) in [5, 5.41) is 20.5. The van der Waals surface area contributed by atoms with Crippen molar-refractivity contribution < 1.29 is 9.72 Å². The van der Waals surface area contributed by atoms with E-state index in [4.69, 9.17) is 0 Å². The highest BCUT2D eigenvalue weighted by Crippen LogP contribution is 2.27. The van der Waals surface area contributed by atoms with Crippen LogP contribution in [0.25, 0.3) is 6.08 Å². The SMILES string of the molecule is CCCn1c(C)cc(C(=O)/C(C#N)=C/c2ccc(Br)c([N+](=O)[O-])c2)c1C. The smallest absolute Gasteiger partial charge is 0.284 e. The van der Waals surface area contributed by atoms with Crippen molar-refractivity contribution in [3.8, 4) is 6.07 Å². The molecule has 2 rings (SSSR count). The third-order valence-electron chi connectivity index (χ3n) is 4.11. The van der Waals surface area contributed by atoms with Crippen molar-refractivity contribution in [1.82, 2.24) is 4.57 Å². The molecule has 134 valence electrons. The first-order valence-electron chi connectivity index (χ1n) is 8.07. The molecule has 0 N–H and O–H groups in total. The van der Waals surface area contributed by atoms with Crippen molar-refractivity contribution in [2.45, 2.75) is 33.7 Å². The van der Waals surface area contributed by atoms with Crippen LogP contribution in [0.1, 0.15) is 40.7 Å². The Kier molecular flexibility index (Phi) is 6.11. The molecule has 1 heterocycles. The molecule has 0 atom stereocenters. The lowest BCUT2D eigenvalue weighted by Gasteiger charge is -2.07. The predicted octanol–water partition coefficient (Wildman–Crippen LogP) is 4.98. The fourth-order valence-corrected chi connectivity index (χ4v) is 3.21. The Balaban J connectivity index is 2.46. The molecule has 1 aromatic heterocycles. The summed E-state index contributed by atoms with van der Waals surface area (Å²) in [5.41, 5.74) is 2.51. The van der Waals surface area contributed by atoms with Crippen molar-refractivity contribution >= 4 is 33.5 Å². The number of rotatable bonds is 6. The molecule has 2 aromatic rings. The van der Waals surface area contributed by atoms with Gasteiger partial charge in [-0.15, -0.1) is 0 Å². The van der Waals surface area contributed by atoms with Gasteiger partial charge in [0.1, 0.15) is 11.6 Å². The number of carbonyl (C=O) groups is 1. The molecule has 0 radical (unpaired) electrons. The van der Waals surface area contributed by atoms with Crippen LogP contribution in [0, 0.1) is 35.3 Å². The molecule has 0 bridgehead atoms. The zero-order valence-electron chi connectivity index (χ0n) is 14.7. The van der Waals surface area contributed by atoms with E-state index in [2.05, 4.69) is 22.9 Å². The van der Waals surface area contributed by atoms with Crippen molar-refractivity contribution in [1.29, 1.82) is 5.26 Å². The van der Waals surface area contributed by atoms with Gasteiger partial charge in [-0.1, -0.05) is 13.0 Å². The summed E-state index contributed by atoms with van der Waals surface area (Å²) in [4.78, 5) is 23.3. The summed E-state index contributed by atoms with van der Waals surface area (Å²) < 4.78 is 2.39. The van der Waals surface area contributed by atoms with Gasteiger partial charge in [-0.2, -0.15) is 5.26 Å². The van der Waals surface area contributed by atoms with Gasteiger partial charge >= 0.3 is 0 Å². The third kappa shape index (κ3) is 3.92. The van der Waals surface area contributed by atoms with Crippen LogP contribution in [-0.4, -0.2) is 15.3 Å². The number of carbonyl (C=O) groups excluding carboxylic acids is 1. The molecular weight excluding hydrogens is 398 g/mol. The van der Waals surface area contributed by atoms with Gasteiger partial charge in [0.15, 0.2) is 0 Å². The number of Topliss-reactive ketones (excluding diaryl/α,β-unsaturated/α-hetero) is 1. The van der Waals surface area contributed by atoms with E-state index in [1.54, 1.807) is 12.1 Å². The lowest BCUT2D eigenvalue weighted by molar-refractivity contribution is -0.385. The van der Waals surface area contributed by atoms with Crippen LogP contribution in [0.4, 0.5) is 5.69 Å². The first kappa shape index (κ1) is 19.6. The highest BCUT2D eigenvalue weighted by atomic mass is 79.9. The van der Waals surface area contributed by atoms with Crippen LogP contribution in [-0.2, 0) is 6.54 Å². The van der Waals surface area contributed by atoms with Crippen LogP contribution in [0.3, 0.4) is 0 Å². The molecule has 0 aliphatic carbocycles. The zero-order valence-corrected chi connectivity index (χ0v) is 16.3. The fourth-order valence-electron chi connectivity index (χ4n) is 2.82. The number of aryl methyl sites for hydroxylation is 1. The van der Waals surface area contributed by atoms with Crippen molar-refractivity contribution in [2.75, 3.05) is 0 Å². The van der Waals surface area contributed by atoms with Crippen LogP contribution in [0.2, 0.25) is 0 Å². The lowest BCUT2D eigenvalue weighted by atomic mass is 10.0. The topological polar surface area (TPSA) is 88.9 Å². The van der Waals surface area contributed by atoms with Crippen molar-refractivity contribution in [2.24, 2.45) is 0 Å². The second kappa shape index (κ2) is 8.11. The van der Waals surface area contributed by atoms with Gasteiger partial charge in [-0.3, -0.25) is 14.9 Å². The lowest BCUT2D eigenvalue weighted by Crippen LogP contribution is -2.06. The second-order valence-corrected chi connectivity index (χ2v) is 6.76. The summed E-state index contributed by atoms with van der Waals surface area (Å²) in [6, 6.07) is 8.17. The molecule has 0 saturated heterocycles. The van der Waals surface area contributed by atoms with Crippen molar-refractivity contribution in [3.63, 3.8) is 0 Å². The maximum atomic E-state index is 12.8. The minimum atomic E-state index is -0.520. The van der Waals surface area contributed by atoms with E-state index in [9.17, 15) is 20.2 Å². The molecule has 0 fully saturated rings. The van der Waals surface area contributed by atoms with Gasteiger partial charge in [-0.25, -0.2) is 0 Å². The number of nitriles is 1. The molecule has 0 aliphatic heterocycles. The molecule has 0 spiro atoms. The third-order valence-corrected chi connectivity index (χ3v) is 4.78. The molecule has 26 heavy (non-hydrogen) atoms. The standard InChI is InChI=1S/C19H18BrN3O3/c1-4-7-22-12(2)8-16(13(22)3)19(24)15(11-21)9-14-5-6-17(20)18(10-14)23(25)26/h5-6,8-10H,4,7H2,1-3H3/b15-9+. The van der Waals surface area contributed by atoms with Crippen LogP contribution in [0.15, 0.2) is 34.3 Å². The van der Waals surface area contributed by atoms with Gasteiger partial charge in [-0.05, 0) is 60.0 Å². The summed E-state index contributed by atoms with van der Waals surface area (Å²) >= 11 is 3.12. The van der Waals surface area contributed by atoms with E-state index in [1.807, 2.05) is 24.5 Å². The van der Waals surface area contributed by atoms with E-state index in [-0.39, 0.29) is 17.0 Å². The highest BCUT2D eigenvalue weighted by molar-refractivity contribution is 9.10. The minimum Gasteiger partial charge on any atom is -0.348 e. The normalized spacial score (nSPS) is 11.3. The number of benzene rings is 1. The number of aromatic nitrogens is 1. The molecule has 1 aromatic carbocycles. The maximum absolute atomic E-state index is 12.8. The van der Waals surface area contributed by atoms with Crippen LogP contribution in [0.5, 0.6) is 0 Å². The van der Waals surface area contributed by atoms with Crippen molar-refractivity contribution in [3.05, 3.63) is 66.9 Å². The Morgan fingerprint density at radius 3 is 2.65 bits per heavy atom. The fraction of sp³-hybridized carbons (Fsp3) is 0.263. The summed E-state index contributed by atoms with van der Waals surface area (Å²) in [5.74, 6) is -0.381. The van der Waals surface area contributed by atoms with Gasteiger partial charge in [0.25, 0.3) is 5.69 Å². The molecule has 0 unspecified atom stereocenters. The van der Waals surface area contributed by atoms with E-state index in [0.717, 1.165) is 24.4 Å². The molecule has 0 saturated carbocycles. The summed E-state index contributed by atoms with van der Waals surface area (Å²) in [6.07, 6.45) is 2.32. The maximum Gasteiger partial charge on any atom is 0.284 e. The molecule has 6 nitrogen and oxygen atoms in total. The predicted molar refractivity (Wildman–Crippen MR) is 103 cm³/mol. The number of hydrogen-bond acceptors (Lipinski definition) is 4. The summed E-state index contributed by atoms with van der Waals surface area (Å²) in [6.45, 7) is 6.64. The number of nitro groups is 1. The Labute approximate surface area is 160 Å². The Hall–Kier alpha value is -2.72. The molecule has 0 amide bonds.